The number of hydrogen-bond donors (Lipinski definition) is 0. The lowest BCUT2D eigenvalue weighted by molar-refractivity contribution is 0.0606. The highest BCUT2D eigenvalue weighted by atomic mass is 79.9. The summed E-state index contributed by atoms with van der Waals surface area (Å²) in [6.45, 7) is 1.80. The molecule has 1 fully saturated rings. The maximum atomic E-state index is 13.0. The van der Waals surface area contributed by atoms with Crippen LogP contribution in [0.4, 0.5) is 0 Å². The molecule has 0 aromatic carbocycles. The first-order valence-corrected chi connectivity index (χ1v) is 11.8. The number of thiophene rings is 1. The summed E-state index contributed by atoms with van der Waals surface area (Å²) >= 11 is 4.34. The van der Waals surface area contributed by atoms with Gasteiger partial charge in [0.15, 0.2) is 0 Å². The van der Waals surface area contributed by atoms with Crippen LogP contribution in [-0.2, 0) is 27.7 Å². The van der Waals surface area contributed by atoms with Crippen molar-refractivity contribution in [1.29, 1.82) is 0 Å². The number of aryl methyl sites for hydroxylation is 1. The van der Waals surface area contributed by atoms with Gasteiger partial charge in [-0.2, -0.15) is 4.31 Å². The van der Waals surface area contributed by atoms with E-state index in [1.165, 1.54) is 17.5 Å². The summed E-state index contributed by atoms with van der Waals surface area (Å²) in [5.41, 5.74) is 0. The Bertz CT molecular complexity index is 977. The first kappa shape index (κ1) is 19.0. The van der Waals surface area contributed by atoms with Crippen molar-refractivity contribution in [3.8, 4) is 0 Å². The number of carbonyl (C=O) groups excluding carboxylic acids is 1. The van der Waals surface area contributed by atoms with Gasteiger partial charge in [-0.3, -0.25) is 0 Å². The number of nitrogens with zero attached hydrogens (tertiary/aromatic N) is 4. The van der Waals surface area contributed by atoms with Crippen LogP contribution in [0.3, 0.4) is 0 Å². The van der Waals surface area contributed by atoms with Crippen LogP contribution in [0.25, 0.3) is 0 Å². The van der Waals surface area contributed by atoms with E-state index in [1.807, 2.05) is 0 Å². The molecule has 2 aliphatic rings. The summed E-state index contributed by atoms with van der Waals surface area (Å²) < 4.78 is 34.8. The Morgan fingerprint density at radius 3 is 2.74 bits per heavy atom. The van der Waals surface area contributed by atoms with Gasteiger partial charge in [0.2, 0.25) is 10.0 Å². The van der Waals surface area contributed by atoms with Crippen molar-refractivity contribution in [2.75, 3.05) is 20.2 Å². The van der Waals surface area contributed by atoms with E-state index in [4.69, 9.17) is 0 Å². The molecule has 1 saturated heterocycles. The first-order chi connectivity index (χ1) is 12.9. The van der Waals surface area contributed by atoms with E-state index < -0.39 is 16.0 Å². The lowest BCUT2D eigenvalue weighted by Crippen LogP contribution is -2.38. The van der Waals surface area contributed by atoms with Crippen molar-refractivity contribution in [2.24, 2.45) is 0 Å². The highest BCUT2D eigenvalue weighted by molar-refractivity contribution is 9.11. The van der Waals surface area contributed by atoms with E-state index in [9.17, 15) is 13.2 Å². The molecule has 0 N–H and O–H groups in total. The van der Waals surface area contributed by atoms with Crippen LogP contribution in [-0.4, -0.2) is 53.7 Å². The van der Waals surface area contributed by atoms with Gasteiger partial charge in [-0.25, -0.2) is 13.2 Å². The number of aromatic nitrogens is 3. The molecule has 2 aromatic rings. The van der Waals surface area contributed by atoms with Crippen LogP contribution >= 0.6 is 27.3 Å². The van der Waals surface area contributed by atoms with E-state index in [2.05, 4.69) is 35.4 Å². The summed E-state index contributed by atoms with van der Waals surface area (Å²) in [7, 11) is -2.40. The topological polar surface area (TPSA) is 94.4 Å². The van der Waals surface area contributed by atoms with Crippen molar-refractivity contribution >= 4 is 43.3 Å². The van der Waals surface area contributed by atoms with Crippen LogP contribution in [0.5, 0.6) is 0 Å². The van der Waals surface area contributed by atoms with E-state index in [-0.39, 0.29) is 15.7 Å². The number of piperidine rings is 1. The number of hydrogen-bond acceptors (Lipinski definition) is 7. The van der Waals surface area contributed by atoms with E-state index in [0.717, 1.165) is 42.4 Å². The molecular formula is C16H19BrN4O4S2. The van der Waals surface area contributed by atoms with Crippen molar-refractivity contribution < 1.29 is 17.9 Å². The number of rotatable bonds is 4. The first-order valence-electron chi connectivity index (χ1n) is 8.71. The summed E-state index contributed by atoms with van der Waals surface area (Å²) in [5, 5.41) is 8.60. The number of fused-ring (bicyclic) bond motifs is 1. The average Bonchev–Trinajstić information content (AvgIpc) is 3.36. The maximum absolute atomic E-state index is 13.0. The van der Waals surface area contributed by atoms with Crippen molar-refractivity contribution in [1.82, 2.24) is 19.1 Å². The minimum absolute atomic E-state index is 0.120. The van der Waals surface area contributed by atoms with Gasteiger partial charge in [-0.05, 0) is 41.3 Å². The van der Waals surface area contributed by atoms with E-state index in [0.29, 0.717) is 29.7 Å². The molecule has 2 aromatic heterocycles. The molecule has 4 heterocycles. The summed E-state index contributed by atoms with van der Waals surface area (Å²) in [4.78, 5) is 12.1. The van der Waals surface area contributed by atoms with Crippen LogP contribution in [0.1, 0.15) is 46.5 Å². The molecule has 0 atom stereocenters. The number of carbonyl (C=O) groups is 1. The second-order valence-corrected chi connectivity index (χ2v) is 10.9. The van der Waals surface area contributed by atoms with Gasteiger partial charge in [0.1, 0.15) is 21.4 Å². The molecule has 2 aliphatic heterocycles. The molecule has 146 valence electrons. The molecule has 8 nitrogen and oxygen atoms in total. The Kier molecular flexibility index (Phi) is 5.12. The number of ether oxygens (including phenoxy) is 1. The number of sulfonamides is 1. The highest BCUT2D eigenvalue weighted by Gasteiger charge is 2.35. The minimum atomic E-state index is -3.67. The van der Waals surface area contributed by atoms with E-state index >= 15 is 0 Å². The normalized spacial score (nSPS) is 18.6. The zero-order valence-corrected chi connectivity index (χ0v) is 17.9. The molecule has 4 rings (SSSR count). The Balaban J connectivity index is 1.50. The lowest BCUT2D eigenvalue weighted by atomic mass is 9.97. The Morgan fingerprint density at radius 1 is 1.30 bits per heavy atom. The fraction of sp³-hybridized carbons (Fsp3) is 0.562. The summed E-state index contributed by atoms with van der Waals surface area (Å²) in [6, 6.07) is 1.38. The molecule has 0 radical (unpaired) electrons. The molecule has 0 bridgehead atoms. The maximum Gasteiger partial charge on any atom is 0.348 e. The van der Waals surface area contributed by atoms with Crippen LogP contribution in [0, 0.1) is 0 Å². The van der Waals surface area contributed by atoms with Gasteiger partial charge in [-0.15, -0.1) is 21.5 Å². The zero-order chi connectivity index (χ0) is 19.2. The predicted molar refractivity (Wildman–Crippen MR) is 102 cm³/mol. The number of halogens is 1. The van der Waals surface area contributed by atoms with E-state index in [1.54, 1.807) is 0 Å². The molecular weight excluding hydrogens is 456 g/mol. The van der Waals surface area contributed by atoms with Crippen molar-refractivity contribution in [3.63, 3.8) is 0 Å². The van der Waals surface area contributed by atoms with Gasteiger partial charge in [0, 0.05) is 32.0 Å². The molecule has 0 aliphatic carbocycles. The average molecular weight is 475 g/mol. The Hall–Kier alpha value is -1.30. The number of esters is 1. The second-order valence-electron chi connectivity index (χ2n) is 6.65. The Labute approximate surface area is 169 Å². The second kappa shape index (κ2) is 7.26. The third kappa shape index (κ3) is 3.34. The minimum Gasteiger partial charge on any atom is -0.465 e. The van der Waals surface area contributed by atoms with Gasteiger partial charge in [0.25, 0.3) is 0 Å². The zero-order valence-electron chi connectivity index (χ0n) is 14.7. The van der Waals surface area contributed by atoms with Crippen molar-refractivity contribution in [2.45, 2.75) is 43.0 Å². The lowest BCUT2D eigenvalue weighted by Gasteiger charge is -2.30. The molecule has 0 spiro atoms. The number of methoxy groups -OCH3 is 1. The van der Waals surface area contributed by atoms with Gasteiger partial charge >= 0.3 is 5.97 Å². The summed E-state index contributed by atoms with van der Waals surface area (Å²) in [5.74, 6) is 1.72. The smallest absolute Gasteiger partial charge is 0.348 e. The fourth-order valence-corrected chi connectivity index (χ4v) is 7.60. The highest BCUT2D eigenvalue weighted by Crippen LogP contribution is 2.36. The Morgan fingerprint density at radius 2 is 2.04 bits per heavy atom. The molecule has 0 unspecified atom stereocenters. The monoisotopic (exact) mass is 474 g/mol. The quantitative estimate of drug-likeness (QED) is 0.631. The molecule has 27 heavy (non-hydrogen) atoms. The SMILES string of the molecule is COC(=O)c1cc(S(=O)(=O)N2CCC(c3nnc4n3CCC4)CC2)c(Br)s1. The molecule has 0 amide bonds. The predicted octanol–water partition coefficient (Wildman–Crippen LogP) is 2.40. The van der Waals surface area contributed by atoms with Gasteiger partial charge < -0.3 is 9.30 Å². The summed E-state index contributed by atoms with van der Waals surface area (Å²) in [6.07, 6.45) is 3.49. The molecule has 11 heteroatoms. The van der Waals surface area contributed by atoms with Crippen LogP contribution in [0.15, 0.2) is 14.7 Å². The third-order valence-corrected chi connectivity index (χ3v) is 9.25. The van der Waals surface area contributed by atoms with Gasteiger partial charge in [-0.1, -0.05) is 0 Å². The van der Waals surface area contributed by atoms with Crippen LogP contribution in [0.2, 0.25) is 0 Å². The fourth-order valence-electron chi connectivity index (χ4n) is 3.70. The third-order valence-electron chi connectivity index (χ3n) is 5.12. The van der Waals surface area contributed by atoms with Crippen LogP contribution < -0.4 is 0 Å². The standard InChI is InChI=1S/C16H19BrN4O4S2/c1-25-16(22)11-9-12(14(17)26-11)27(23,24)20-7-4-10(5-8-20)15-19-18-13-3-2-6-21(13)15/h9-10H,2-8H2,1H3. The van der Waals surface area contributed by atoms with Crippen molar-refractivity contribution in [3.05, 3.63) is 26.4 Å². The molecule has 0 saturated carbocycles. The largest absolute Gasteiger partial charge is 0.465 e. The van der Waals surface area contributed by atoms with Gasteiger partial charge in [0.05, 0.1) is 10.9 Å².